The smallest absolute Gasteiger partial charge is 0.194 e. The number of rotatable bonds is 3. The molecule has 0 saturated carbocycles. The van der Waals surface area contributed by atoms with Crippen LogP contribution in [-0.2, 0) is 6.42 Å². The van der Waals surface area contributed by atoms with Gasteiger partial charge in [0, 0.05) is 18.9 Å². The molecule has 1 N–H and O–H groups in total. The van der Waals surface area contributed by atoms with Crippen LogP contribution >= 0.6 is 0 Å². The summed E-state index contributed by atoms with van der Waals surface area (Å²) in [5.74, 6) is 2.23. The quantitative estimate of drug-likeness (QED) is 0.856. The highest BCUT2D eigenvalue weighted by atomic mass is 16.3. The van der Waals surface area contributed by atoms with Crippen LogP contribution in [0.15, 0.2) is 10.7 Å². The first-order valence-corrected chi connectivity index (χ1v) is 6.65. The third kappa shape index (κ3) is 2.53. The zero-order valence-electron chi connectivity index (χ0n) is 10.5. The molecule has 1 aromatic rings. The molecule has 17 heavy (non-hydrogen) atoms. The number of nitrogens with one attached hydrogen (secondary N) is 1. The highest BCUT2D eigenvalue weighted by Gasteiger charge is 2.25. The van der Waals surface area contributed by atoms with E-state index in [0.717, 1.165) is 37.6 Å². The van der Waals surface area contributed by atoms with Gasteiger partial charge in [0.2, 0.25) is 0 Å². The Morgan fingerprint density at radius 3 is 3.18 bits per heavy atom. The van der Waals surface area contributed by atoms with E-state index < -0.39 is 0 Å². The average molecular weight is 235 g/mol. The number of aromatic nitrogens is 1. The summed E-state index contributed by atoms with van der Waals surface area (Å²) >= 11 is 0. The lowest BCUT2D eigenvalue weighted by molar-refractivity contribution is 0.410. The molecule has 2 saturated heterocycles. The molecule has 2 fully saturated rings. The Morgan fingerprint density at radius 2 is 2.47 bits per heavy atom. The van der Waals surface area contributed by atoms with Crippen LogP contribution in [0.4, 0.5) is 0 Å². The van der Waals surface area contributed by atoms with Gasteiger partial charge in [-0.2, -0.15) is 0 Å². The van der Waals surface area contributed by atoms with Crippen LogP contribution < -0.4 is 5.32 Å². The Labute approximate surface area is 102 Å². The summed E-state index contributed by atoms with van der Waals surface area (Å²) in [6.45, 7) is 4.56. The fraction of sp³-hybridized carbons (Fsp3) is 0.769. The van der Waals surface area contributed by atoms with Crippen molar-refractivity contribution in [3.63, 3.8) is 0 Å². The number of likely N-dealkylation sites (N-methyl/N-ethyl adjacent to an activating group) is 1. The molecule has 4 nitrogen and oxygen atoms in total. The highest BCUT2D eigenvalue weighted by Crippen LogP contribution is 2.26. The van der Waals surface area contributed by atoms with Crippen LogP contribution in [0.5, 0.6) is 0 Å². The van der Waals surface area contributed by atoms with E-state index in [9.17, 15) is 0 Å². The van der Waals surface area contributed by atoms with Crippen molar-refractivity contribution >= 4 is 0 Å². The van der Waals surface area contributed by atoms with Gasteiger partial charge in [-0.1, -0.05) is 0 Å². The maximum absolute atomic E-state index is 5.62. The molecule has 1 aromatic heterocycles. The second-order valence-electron chi connectivity index (χ2n) is 5.48. The van der Waals surface area contributed by atoms with Gasteiger partial charge in [-0.25, -0.2) is 4.98 Å². The van der Waals surface area contributed by atoms with E-state index in [-0.39, 0.29) is 0 Å². The summed E-state index contributed by atoms with van der Waals surface area (Å²) < 4.78 is 5.62. The van der Waals surface area contributed by atoms with Crippen molar-refractivity contribution in [3.05, 3.63) is 17.8 Å². The summed E-state index contributed by atoms with van der Waals surface area (Å²) in [6.07, 6.45) is 5.34. The van der Waals surface area contributed by atoms with Crippen LogP contribution in [0.1, 0.15) is 30.3 Å². The second kappa shape index (κ2) is 4.78. The number of hydrogen-bond donors (Lipinski definition) is 1. The molecule has 94 valence electrons. The zero-order valence-corrected chi connectivity index (χ0v) is 10.5. The van der Waals surface area contributed by atoms with Crippen LogP contribution in [0.2, 0.25) is 0 Å². The first kappa shape index (κ1) is 11.2. The van der Waals surface area contributed by atoms with E-state index in [4.69, 9.17) is 4.42 Å². The van der Waals surface area contributed by atoms with Gasteiger partial charge in [0.1, 0.15) is 6.26 Å². The third-order valence-corrected chi connectivity index (χ3v) is 4.00. The van der Waals surface area contributed by atoms with E-state index in [1.54, 1.807) is 0 Å². The van der Waals surface area contributed by atoms with Crippen molar-refractivity contribution < 1.29 is 4.42 Å². The van der Waals surface area contributed by atoms with Crippen molar-refractivity contribution in [3.8, 4) is 0 Å². The predicted octanol–water partition coefficient (Wildman–Crippen LogP) is 1.25. The molecule has 0 radical (unpaired) electrons. The molecule has 0 amide bonds. The molecule has 2 unspecified atom stereocenters. The molecule has 4 heteroatoms. The van der Waals surface area contributed by atoms with Gasteiger partial charge in [0.25, 0.3) is 0 Å². The highest BCUT2D eigenvalue weighted by molar-refractivity contribution is 5.08. The Morgan fingerprint density at radius 1 is 1.53 bits per heavy atom. The topological polar surface area (TPSA) is 41.3 Å². The first-order chi connectivity index (χ1) is 8.31. The van der Waals surface area contributed by atoms with Gasteiger partial charge in [-0.15, -0.1) is 0 Å². The van der Waals surface area contributed by atoms with Gasteiger partial charge < -0.3 is 14.6 Å². The Balaban J connectivity index is 1.61. The standard InChI is InChI=1S/C13H21N3O/c1-16-5-3-11(8-16)12-9-17-13(15-12)6-10-2-4-14-7-10/h9-11,14H,2-8H2,1H3. The zero-order chi connectivity index (χ0) is 11.7. The normalized spacial score (nSPS) is 30.2. The van der Waals surface area contributed by atoms with Gasteiger partial charge in [-0.05, 0) is 45.4 Å². The average Bonchev–Trinajstić information content (AvgIpc) is 2.99. The lowest BCUT2D eigenvalue weighted by Gasteiger charge is -2.06. The molecule has 2 aliphatic heterocycles. The lowest BCUT2D eigenvalue weighted by atomic mass is 10.0. The van der Waals surface area contributed by atoms with Crippen LogP contribution in [0, 0.1) is 5.92 Å². The maximum atomic E-state index is 5.62. The predicted molar refractivity (Wildman–Crippen MR) is 66.0 cm³/mol. The van der Waals surface area contributed by atoms with E-state index in [1.165, 1.54) is 19.4 Å². The molecule has 3 rings (SSSR count). The van der Waals surface area contributed by atoms with Crippen molar-refractivity contribution in [2.24, 2.45) is 5.92 Å². The fourth-order valence-corrected chi connectivity index (χ4v) is 2.92. The summed E-state index contributed by atoms with van der Waals surface area (Å²) in [5.41, 5.74) is 1.16. The number of hydrogen-bond acceptors (Lipinski definition) is 4. The van der Waals surface area contributed by atoms with Crippen molar-refractivity contribution in [1.29, 1.82) is 0 Å². The molecule has 2 aliphatic rings. The Kier molecular flexibility index (Phi) is 3.16. The van der Waals surface area contributed by atoms with Gasteiger partial charge in [0.15, 0.2) is 5.89 Å². The molecule has 0 spiro atoms. The van der Waals surface area contributed by atoms with E-state index in [2.05, 4.69) is 22.2 Å². The van der Waals surface area contributed by atoms with Crippen molar-refractivity contribution in [2.45, 2.75) is 25.2 Å². The Hall–Kier alpha value is -0.870. The van der Waals surface area contributed by atoms with Gasteiger partial charge in [-0.3, -0.25) is 0 Å². The van der Waals surface area contributed by atoms with Gasteiger partial charge in [0.05, 0.1) is 5.69 Å². The molecule has 3 heterocycles. The van der Waals surface area contributed by atoms with Crippen LogP contribution in [-0.4, -0.2) is 43.1 Å². The number of likely N-dealkylation sites (tertiary alicyclic amines) is 1. The van der Waals surface area contributed by atoms with E-state index in [1.807, 2.05) is 6.26 Å². The summed E-state index contributed by atoms with van der Waals surface area (Å²) in [6, 6.07) is 0. The molecule has 2 atom stereocenters. The van der Waals surface area contributed by atoms with Crippen LogP contribution in [0.3, 0.4) is 0 Å². The monoisotopic (exact) mass is 235 g/mol. The SMILES string of the molecule is CN1CCC(c2coc(CC3CCNC3)n2)C1. The second-order valence-corrected chi connectivity index (χ2v) is 5.48. The maximum Gasteiger partial charge on any atom is 0.194 e. The Bertz CT molecular complexity index is 370. The third-order valence-electron chi connectivity index (χ3n) is 4.00. The molecule has 0 aromatic carbocycles. The fourth-order valence-electron chi connectivity index (χ4n) is 2.92. The molecule has 0 aliphatic carbocycles. The molecule has 0 bridgehead atoms. The van der Waals surface area contributed by atoms with Crippen molar-refractivity contribution in [2.75, 3.05) is 33.2 Å². The molecular weight excluding hydrogens is 214 g/mol. The minimum atomic E-state index is 0.583. The summed E-state index contributed by atoms with van der Waals surface area (Å²) in [4.78, 5) is 7.03. The van der Waals surface area contributed by atoms with E-state index >= 15 is 0 Å². The van der Waals surface area contributed by atoms with Gasteiger partial charge >= 0.3 is 0 Å². The number of nitrogens with zero attached hydrogens (tertiary/aromatic N) is 2. The summed E-state index contributed by atoms with van der Waals surface area (Å²) in [7, 11) is 2.17. The minimum Gasteiger partial charge on any atom is -0.449 e. The first-order valence-electron chi connectivity index (χ1n) is 6.65. The molecular formula is C13H21N3O. The summed E-state index contributed by atoms with van der Waals surface area (Å²) in [5, 5.41) is 3.38. The van der Waals surface area contributed by atoms with Crippen molar-refractivity contribution in [1.82, 2.24) is 15.2 Å². The largest absolute Gasteiger partial charge is 0.449 e. The lowest BCUT2D eigenvalue weighted by Crippen LogP contribution is -2.13. The minimum absolute atomic E-state index is 0.583. The number of oxazole rings is 1. The van der Waals surface area contributed by atoms with Crippen LogP contribution in [0.25, 0.3) is 0 Å². The van der Waals surface area contributed by atoms with E-state index in [0.29, 0.717) is 11.8 Å².